The maximum atomic E-state index is 5.29. The van der Waals surface area contributed by atoms with Gasteiger partial charge >= 0.3 is 0 Å². The Hall–Kier alpha value is -3.33. The summed E-state index contributed by atoms with van der Waals surface area (Å²) >= 11 is 0. The SMILES string of the molecule is COc1ccc(-c2c(-c3ccccc3)cnn2-c2ccccc2)cc1. The summed E-state index contributed by atoms with van der Waals surface area (Å²) in [4.78, 5) is 0. The molecule has 3 nitrogen and oxygen atoms in total. The number of benzene rings is 3. The van der Waals surface area contributed by atoms with Gasteiger partial charge in [-0.25, -0.2) is 4.68 Å². The first-order valence-electron chi connectivity index (χ1n) is 8.20. The second-order valence-electron chi connectivity index (χ2n) is 5.75. The molecule has 0 spiro atoms. The summed E-state index contributed by atoms with van der Waals surface area (Å²) in [6, 6.07) is 28.6. The zero-order chi connectivity index (χ0) is 17.1. The van der Waals surface area contributed by atoms with Gasteiger partial charge in [0, 0.05) is 11.1 Å². The smallest absolute Gasteiger partial charge is 0.118 e. The molecule has 25 heavy (non-hydrogen) atoms. The Bertz CT molecular complexity index is 901. The third-order valence-corrected chi connectivity index (χ3v) is 4.22. The molecule has 4 aromatic rings. The normalized spacial score (nSPS) is 10.6. The average Bonchev–Trinajstić information content (AvgIpc) is 3.14. The van der Waals surface area contributed by atoms with Gasteiger partial charge in [0.25, 0.3) is 0 Å². The fourth-order valence-corrected chi connectivity index (χ4v) is 2.97. The highest BCUT2D eigenvalue weighted by Gasteiger charge is 2.15. The summed E-state index contributed by atoms with van der Waals surface area (Å²) in [5.74, 6) is 0.843. The van der Waals surface area contributed by atoms with Crippen molar-refractivity contribution in [3.05, 3.63) is 91.1 Å². The molecular formula is C22H18N2O. The van der Waals surface area contributed by atoms with Gasteiger partial charge < -0.3 is 4.74 Å². The van der Waals surface area contributed by atoms with Gasteiger partial charge in [0.1, 0.15) is 5.75 Å². The fourth-order valence-electron chi connectivity index (χ4n) is 2.97. The summed E-state index contributed by atoms with van der Waals surface area (Å²) in [5.41, 5.74) is 5.46. The Morgan fingerprint density at radius 3 is 2.00 bits per heavy atom. The first kappa shape index (κ1) is 15.2. The standard InChI is InChI=1S/C22H18N2O/c1-25-20-14-12-18(13-15-20)22-21(17-8-4-2-5-9-17)16-23-24(22)19-10-6-3-7-11-19/h2-16H,1H3. The molecular weight excluding hydrogens is 308 g/mol. The van der Waals surface area contributed by atoms with E-state index in [1.54, 1.807) is 7.11 Å². The predicted octanol–water partition coefficient (Wildman–Crippen LogP) is 5.21. The summed E-state index contributed by atoms with van der Waals surface area (Å²) in [6.07, 6.45) is 1.93. The number of methoxy groups -OCH3 is 1. The molecule has 3 heteroatoms. The van der Waals surface area contributed by atoms with Gasteiger partial charge in [-0.1, -0.05) is 48.5 Å². The number of nitrogens with zero attached hydrogens (tertiary/aromatic N) is 2. The fraction of sp³-hybridized carbons (Fsp3) is 0.0455. The summed E-state index contributed by atoms with van der Waals surface area (Å²) in [6.45, 7) is 0. The highest BCUT2D eigenvalue weighted by atomic mass is 16.5. The van der Waals surface area contributed by atoms with E-state index in [1.165, 1.54) is 0 Å². The topological polar surface area (TPSA) is 27.1 Å². The zero-order valence-corrected chi connectivity index (χ0v) is 14.0. The number of para-hydroxylation sites is 1. The van der Waals surface area contributed by atoms with Gasteiger partial charge in [-0.15, -0.1) is 0 Å². The number of rotatable bonds is 4. The van der Waals surface area contributed by atoms with E-state index in [-0.39, 0.29) is 0 Å². The monoisotopic (exact) mass is 326 g/mol. The van der Waals surface area contributed by atoms with Crippen LogP contribution < -0.4 is 4.74 Å². The van der Waals surface area contributed by atoms with E-state index >= 15 is 0 Å². The van der Waals surface area contributed by atoms with Crippen molar-refractivity contribution in [2.24, 2.45) is 0 Å². The molecule has 0 fully saturated rings. The van der Waals surface area contributed by atoms with E-state index < -0.39 is 0 Å². The van der Waals surface area contributed by atoms with Crippen LogP contribution in [0, 0.1) is 0 Å². The van der Waals surface area contributed by atoms with Gasteiger partial charge in [-0.2, -0.15) is 5.10 Å². The number of aromatic nitrogens is 2. The molecule has 0 aliphatic heterocycles. The van der Waals surface area contributed by atoms with Crippen molar-refractivity contribution in [1.29, 1.82) is 0 Å². The molecule has 0 aliphatic carbocycles. The highest BCUT2D eigenvalue weighted by Crippen LogP contribution is 2.34. The van der Waals surface area contributed by atoms with Gasteiger partial charge in [-0.3, -0.25) is 0 Å². The molecule has 1 heterocycles. The van der Waals surface area contributed by atoms with Crippen molar-refractivity contribution in [2.75, 3.05) is 7.11 Å². The Kier molecular flexibility index (Phi) is 4.05. The molecule has 122 valence electrons. The first-order chi connectivity index (χ1) is 12.4. The van der Waals surface area contributed by atoms with E-state index in [1.807, 2.05) is 59.4 Å². The van der Waals surface area contributed by atoms with Gasteiger partial charge in [0.2, 0.25) is 0 Å². The van der Waals surface area contributed by atoms with Crippen molar-refractivity contribution in [2.45, 2.75) is 0 Å². The third-order valence-electron chi connectivity index (χ3n) is 4.22. The Morgan fingerprint density at radius 2 is 1.36 bits per heavy atom. The van der Waals surface area contributed by atoms with Crippen molar-refractivity contribution in [1.82, 2.24) is 9.78 Å². The Labute approximate surface area is 147 Å². The lowest BCUT2D eigenvalue weighted by Gasteiger charge is -2.11. The summed E-state index contributed by atoms with van der Waals surface area (Å²) in [5, 5.41) is 4.67. The number of hydrogen-bond acceptors (Lipinski definition) is 2. The van der Waals surface area contributed by atoms with Gasteiger partial charge in [0.15, 0.2) is 0 Å². The summed E-state index contributed by atoms with van der Waals surface area (Å²) in [7, 11) is 1.68. The minimum Gasteiger partial charge on any atom is -0.497 e. The molecule has 0 saturated carbocycles. The molecule has 3 aromatic carbocycles. The quantitative estimate of drug-likeness (QED) is 0.514. The van der Waals surface area contributed by atoms with Gasteiger partial charge in [-0.05, 0) is 42.0 Å². The van der Waals surface area contributed by atoms with E-state index in [0.717, 1.165) is 33.8 Å². The lowest BCUT2D eigenvalue weighted by atomic mass is 10.0. The largest absolute Gasteiger partial charge is 0.497 e. The molecule has 0 N–H and O–H groups in total. The van der Waals surface area contributed by atoms with Crippen molar-refractivity contribution >= 4 is 0 Å². The van der Waals surface area contributed by atoms with E-state index in [9.17, 15) is 0 Å². The Morgan fingerprint density at radius 1 is 0.720 bits per heavy atom. The lowest BCUT2D eigenvalue weighted by Crippen LogP contribution is -1.99. The molecule has 0 bridgehead atoms. The summed E-state index contributed by atoms with van der Waals surface area (Å²) < 4.78 is 7.28. The van der Waals surface area contributed by atoms with Crippen LogP contribution in [0.5, 0.6) is 5.75 Å². The zero-order valence-electron chi connectivity index (χ0n) is 14.0. The molecule has 0 aliphatic rings. The molecule has 0 radical (unpaired) electrons. The second-order valence-corrected chi connectivity index (χ2v) is 5.75. The van der Waals surface area contributed by atoms with E-state index in [0.29, 0.717) is 0 Å². The van der Waals surface area contributed by atoms with Crippen LogP contribution in [0.3, 0.4) is 0 Å². The number of hydrogen-bond donors (Lipinski definition) is 0. The Balaban J connectivity index is 1.93. The molecule has 4 rings (SSSR count). The predicted molar refractivity (Wildman–Crippen MR) is 101 cm³/mol. The lowest BCUT2D eigenvalue weighted by molar-refractivity contribution is 0.415. The average molecular weight is 326 g/mol. The minimum atomic E-state index is 0.843. The van der Waals surface area contributed by atoms with Crippen LogP contribution in [0.25, 0.3) is 28.1 Å². The van der Waals surface area contributed by atoms with Crippen LogP contribution in [0.15, 0.2) is 91.1 Å². The highest BCUT2D eigenvalue weighted by molar-refractivity contribution is 5.82. The van der Waals surface area contributed by atoms with Crippen LogP contribution in [0.1, 0.15) is 0 Å². The molecule has 0 atom stereocenters. The maximum Gasteiger partial charge on any atom is 0.118 e. The van der Waals surface area contributed by atoms with Gasteiger partial charge in [0.05, 0.1) is 24.7 Å². The van der Waals surface area contributed by atoms with Crippen molar-refractivity contribution in [3.63, 3.8) is 0 Å². The third kappa shape index (κ3) is 2.92. The van der Waals surface area contributed by atoms with Crippen LogP contribution in [0.4, 0.5) is 0 Å². The van der Waals surface area contributed by atoms with Crippen LogP contribution in [-0.4, -0.2) is 16.9 Å². The second kappa shape index (κ2) is 6.65. The van der Waals surface area contributed by atoms with Crippen molar-refractivity contribution in [3.8, 4) is 33.8 Å². The number of ether oxygens (including phenoxy) is 1. The first-order valence-corrected chi connectivity index (χ1v) is 8.20. The van der Waals surface area contributed by atoms with Crippen LogP contribution in [-0.2, 0) is 0 Å². The maximum absolute atomic E-state index is 5.29. The molecule has 1 aromatic heterocycles. The molecule has 0 saturated heterocycles. The van der Waals surface area contributed by atoms with Crippen LogP contribution in [0.2, 0.25) is 0 Å². The molecule has 0 unspecified atom stereocenters. The minimum absolute atomic E-state index is 0.843. The van der Waals surface area contributed by atoms with Crippen molar-refractivity contribution < 1.29 is 4.74 Å². The van der Waals surface area contributed by atoms with Crippen LogP contribution >= 0.6 is 0 Å². The van der Waals surface area contributed by atoms with E-state index in [2.05, 4.69) is 41.5 Å². The van der Waals surface area contributed by atoms with E-state index in [4.69, 9.17) is 4.74 Å². The molecule has 0 amide bonds.